The SMILES string of the molecule is Cc1nc2c(F)ccc(F)c2c(N)c1Br. The number of hydrogen-bond donors (Lipinski definition) is 1. The third kappa shape index (κ3) is 1.47. The first-order valence-electron chi connectivity index (χ1n) is 4.21. The van der Waals surface area contributed by atoms with Crippen LogP contribution in [0.4, 0.5) is 14.5 Å². The number of nitrogens with zero attached hydrogens (tertiary/aromatic N) is 1. The quantitative estimate of drug-likeness (QED) is 0.800. The highest BCUT2D eigenvalue weighted by atomic mass is 79.9. The number of rotatable bonds is 0. The average molecular weight is 273 g/mol. The fourth-order valence-corrected chi connectivity index (χ4v) is 1.71. The molecule has 15 heavy (non-hydrogen) atoms. The van der Waals surface area contributed by atoms with E-state index in [-0.39, 0.29) is 16.6 Å². The van der Waals surface area contributed by atoms with Gasteiger partial charge >= 0.3 is 0 Å². The van der Waals surface area contributed by atoms with Gasteiger partial charge in [0, 0.05) is 0 Å². The number of pyridine rings is 1. The van der Waals surface area contributed by atoms with Crippen LogP contribution in [0.15, 0.2) is 16.6 Å². The first-order valence-corrected chi connectivity index (χ1v) is 5.01. The highest BCUT2D eigenvalue weighted by Crippen LogP contribution is 2.32. The summed E-state index contributed by atoms with van der Waals surface area (Å²) in [6.45, 7) is 1.67. The number of hydrogen-bond acceptors (Lipinski definition) is 2. The third-order valence-electron chi connectivity index (χ3n) is 2.18. The Bertz CT molecular complexity index is 555. The van der Waals surface area contributed by atoms with Gasteiger partial charge in [0.2, 0.25) is 0 Å². The molecule has 0 bridgehead atoms. The minimum atomic E-state index is -0.575. The van der Waals surface area contributed by atoms with Crippen molar-refractivity contribution >= 4 is 32.5 Å². The maximum atomic E-state index is 13.4. The summed E-state index contributed by atoms with van der Waals surface area (Å²) in [6.07, 6.45) is 0. The average Bonchev–Trinajstić information content (AvgIpc) is 2.20. The molecule has 2 N–H and O–H groups in total. The van der Waals surface area contributed by atoms with Crippen molar-refractivity contribution in [1.29, 1.82) is 0 Å². The minimum absolute atomic E-state index is 0.0208. The molecular formula is C10H7BrF2N2. The molecule has 0 radical (unpaired) electrons. The van der Waals surface area contributed by atoms with Crippen molar-refractivity contribution in [2.24, 2.45) is 0 Å². The van der Waals surface area contributed by atoms with E-state index in [1.165, 1.54) is 0 Å². The molecule has 1 heterocycles. The van der Waals surface area contributed by atoms with E-state index < -0.39 is 11.6 Å². The fourth-order valence-electron chi connectivity index (χ4n) is 1.43. The first-order chi connectivity index (χ1) is 7.02. The van der Waals surface area contributed by atoms with Gasteiger partial charge < -0.3 is 5.73 Å². The van der Waals surface area contributed by atoms with Crippen LogP contribution in [0.1, 0.15) is 5.69 Å². The van der Waals surface area contributed by atoms with E-state index >= 15 is 0 Å². The predicted octanol–water partition coefficient (Wildman–Crippen LogP) is 3.17. The lowest BCUT2D eigenvalue weighted by Crippen LogP contribution is -1.98. The largest absolute Gasteiger partial charge is 0.397 e. The number of benzene rings is 1. The molecule has 78 valence electrons. The molecule has 2 rings (SSSR count). The molecule has 0 aliphatic heterocycles. The molecule has 0 saturated carbocycles. The van der Waals surface area contributed by atoms with Gasteiger partial charge in [0.15, 0.2) is 0 Å². The summed E-state index contributed by atoms with van der Waals surface area (Å²) in [7, 11) is 0. The first kappa shape index (κ1) is 10.3. The zero-order valence-corrected chi connectivity index (χ0v) is 9.40. The molecule has 0 fully saturated rings. The van der Waals surface area contributed by atoms with Crippen molar-refractivity contribution in [2.45, 2.75) is 6.92 Å². The Morgan fingerprint density at radius 3 is 2.53 bits per heavy atom. The lowest BCUT2D eigenvalue weighted by Gasteiger charge is -2.08. The molecule has 0 saturated heterocycles. The maximum Gasteiger partial charge on any atom is 0.149 e. The van der Waals surface area contributed by atoms with Gasteiger partial charge in [0.1, 0.15) is 17.2 Å². The van der Waals surface area contributed by atoms with Crippen LogP contribution in [0.2, 0.25) is 0 Å². The van der Waals surface area contributed by atoms with Gasteiger partial charge in [0.05, 0.1) is 21.2 Å². The smallest absolute Gasteiger partial charge is 0.149 e. The van der Waals surface area contributed by atoms with Crippen LogP contribution in [-0.4, -0.2) is 4.98 Å². The Kier molecular flexibility index (Phi) is 2.34. The molecule has 0 spiro atoms. The molecule has 2 aromatic rings. The van der Waals surface area contributed by atoms with Crippen LogP contribution >= 0.6 is 15.9 Å². The Hall–Kier alpha value is -1.23. The second-order valence-electron chi connectivity index (χ2n) is 3.18. The summed E-state index contributed by atoms with van der Waals surface area (Å²) in [5.74, 6) is -1.15. The van der Waals surface area contributed by atoms with E-state index in [1.54, 1.807) is 6.92 Å². The van der Waals surface area contributed by atoms with Crippen molar-refractivity contribution in [3.05, 3.63) is 33.9 Å². The van der Waals surface area contributed by atoms with Crippen LogP contribution in [0, 0.1) is 18.6 Å². The number of halogens is 3. The van der Waals surface area contributed by atoms with Crippen molar-refractivity contribution in [3.63, 3.8) is 0 Å². The zero-order chi connectivity index (χ0) is 11.2. The molecule has 1 aromatic carbocycles. The summed E-state index contributed by atoms with van der Waals surface area (Å²) >= 11 is 3.18. The Morgan fingerprint density at radius 1 is 1.27 bits per heavy atom. The summed E-state index contributed by atoms with van der Waals surface area (Å²) in [5, 5.41) is 0.0208. The summed E-state index contributed by atoms with van der Waals surface area (Å²) in [5.41, 5.74) is 6.37. The molecular weight excluding hydrogens is 266 g/mol. The highest BCUT2D eigenvalue weighted by Gasteiger charge is 2.14. The standard InChI is InChI=1S/C10H7BrF2N2/c1-4-8(11)9(14)7-5(12)2-3-6(13)10(7)15-4/h2-3H,1H3,(H2,14,15). The normalized spacial score (nSPS) is 10.9. The molecule has 0 amide bonds. The number of nitrogens with two attached hydrogens (primary N) is 1. The molecule has 0 aliphatic carbocycles. The molecule has 2 nitrogen and oxygen atoms in total. The Labute approximate surface area is 93.2 Å². The van der Waals surface area contributed by atoms with Crippen molar-refractivity contribution < 1.29 is 8.78 Å². The lowest BCUT2D eigenvalue weighted by molar-refractivity contribution is 0.615. The topological polar surface area (TPSA) is 38.9 Å². The van der Waals surface area contributed by atoms with E-state index in [9.17, 15) is 8.78 Å². The second-order valence-corrected chi connectivity index (χ2v) is 3.97. The number of anilines is 1. The molecule has 5 heteroatoms. The fraction of sp³-hybridized carbons (Fsp3) is 0.100. The molecule has 0 atom stereocenters. The lowest BCUT2D eigenvalue weighted by atomic mass is 10.1. The summed E-state index contributed by atoms with van der Waals surface area (Å²) in [6, 6.07) is 2.08. The Balaban J connectivity index is 3.04. The van der Waals surface area contributed by atoms with E-state index in [2.05, 4.69) is 20.9 Å². The number of aromatic nitrogens is 1. The van der Waals surface area contributed by atoms with Crippen molar-refractivity contribution in [1.82, 2.24) is 4.98 Å². The van der Waals surface area contributed by atoms with E-state index in [4.69, 9.17) is 5.73 Å². The van der Waals surface area contributed by atoms with Crippen LogP contribution in [0.25, 0.3) is 10.9 Å². The second kappa shape index (κ2) is 3.41. The van der Waals surface area contributed by atoms with Crippen LogP contribution in [0.5, 0.6) is 0 Å². The molecule has 1 aromatic heterocycles. The zero-order valence-electron chi connectivity index (χ0n) is 7.81. The van der Waals surface area contributed by atoms with Crippen LogP contribution in [-0.2, 0) is 0 Å². The van der Waals surface area contributed by atoms with Crippen LogP contribution in [0.3, 0.4) is 0 Å². The van der Waals surface area contributed by atoms with E-state index in [0.29, 0.717) is 10.2 Å². The molecule has 0 unspecified atom stereocenters. The van der Waals surface area contributed by atoms with Gasteiger partial charge in [-0.25, -0.2) is 13.8 Å². The van der Waals surface area contributed by atoms with E-state index in [0.717, 1.165) is 12.1 Å². The van der Waals surface area contributed by atoms with Crippen molar-refractivity contribution in [2.75, 3.05) is 5.73 Å². The predicted molar refractivity (Wildman–Crippen MR) is 58.5 cm³/mol. The summed E-state index contributed by atoms with van der Waals surface area (Å²) in [4.78, 5) is 3.95. The highest BCUT2D eigenvalue weighted by molar-refractivity contribution is 9.10. The van der Waals surface area contributed by atoms with Crippen molar-refractivity contribution in [3.8, 4) is 0 Å². The summed E-state index contributed by atoms with van der Waals surface area (Å²) < 4.78 is 27.3. The van der Waals surface area contributed by atoms with Gasteiger partial charge in [-0.1, -0.05) is 0 Å². The molecule has 0 aliphatic rings. The Morgan fingerprint density at radius 2 is 1.87 bits per heavy atom. The third-order valence-corrected chi connectivity index (χ3v) is 3.18. The van der Waals surface area contributed by atoms with Gasteiger partial charge in [0.25, 0.3) is 0 Å². The van der Waals surface area contributed by atoms with Gasteiger partial charge in [-0.15, -0.1) is 0 Å². The minimum Gasteiger partial charge on any atom is -0.397 e. The number of nitrogen functional groups attached to an aromatic ring is 1. The number of aryl methyl sites for hydroxylation is 1. The van der Waals surface area contributed by atoms with Gasteiger partial charge in [-0.3, -0.25) is 0 Å². The van der Waals surface area contributed by atoms with Gasteiger partial charge in [-0.05, 0) is 35.0 Å². The maximum absolute atomic E-state index is 13.4. The van der Waals surface area contributed by atoms with Crippen LogP contribution < -0.4 is 5.73 Å². The van der Waals surface area contributed by atoms with Gasteiger partial charge in [-0.2, -0.15) is 0 Å². The number of fused-ring (bicyclic) bond motifs is 1. The monoisotopic (exact) mass is 272 g/mol. The van der Waals surface area contributed by atoms with E-state index in [1.807, 2.05) is 0 Å².